The van der Waals surface area contributed by atoms with Crippen molar-refractivity contribution >= 4 is 6.29 Å². The molecule has 0 unspecified atom stereocenters. The van der Waals surface area contributed by atoms with E-state index in [2.05, 4.69) is 9.97 Å². The van der Waals surface area contributed by atoms with Gasteiger partial charge in [-0.1, -0.05) is 12.1 Å². The number of para-hydroxylation sites is 1. The molecule has 0 aliphatic rings. The fourth-order valence-corrected chi connectivity index (χ4v) is 1.48. The van der Waals surface area contributed by atoms with Crippen molar-refractivity contribution in [1.29, 1.82) is 0 Å². The van der Waals surface area contributed by atoms with Crippen LogP contribution in [0.25, 0.3) is 11.3 Å². The minimum absolute atomic E-state index is 0.157. The minimum atomic E-state index is 0.157. The molecule has 4 nitrogen and oxygen atoms in total. The number of H-pyrrole nitrogens is 1. The average molecular weight is 202 g/mol. The Hall–Kier alpha value is -2.10. The molecule has 0 aliphatic heterocycles. The van der Waals surface area contributed by atoms with Gasteiger partial charge in [-0.15, -0.1) is 0 Å². The number of aromatic amines is 1. The molecule has 1 aromatic heterocycles. The molecule has 0 fully saturated rings. The number of hydrogen-bond donors (Lipinski definition) is 2. The number of carbonyl (C=O) groups excluding carboxylic acids is 1. The SMILES string of the molecule is Cc1[nH]c(C=O)nc1-c1ccccc1O. The molecular formula is C11H10N2O2. The van der Waals surface area contributed by atoms with Crippen molar-refractivity contribution < 1.29 is 9.90 Å². The fourth-order valence-electron chi connectivity index (χ4n) is 1.48. The van der Waals surface area contributed by atoms with Gasteiger partial charge in [0.2, 0.25) is 0 Å². The lowest BCUT2D eigenvalue weighted by molar-refractivity contribution is 0.111. The van der Waals surface area contributed by atoms with Crippen LogP contribution >= 0.6 is 0 Å². The zero-order chi connectivity index (χ0) is 10.8. The first-order valence-electron chi connectivity index (χ1n) is 4.52. The number of hydrogen-bond acceptors (Lipinski definition) is 3. The molecule has 15 heavy (non-hydrogen) atoms. The van der Waals surface area contributed by atoms with E-state index in [1.807, 2.05) is 13.0 Å². The van der Waals surface area contributed by atoms with Gasteiger partial charge in [-0.25, -0.2) is 4.98 Å². The van der Waals surface area contributed by atoms with Crippen molar-refractivity contribution in [3.63, 3.8) is 0 Å². The molecule has 1 aromatic carbocycles. The van der Waals surface area contributed by atoms with Crippen LogP contribution in [0.15, 0.2) is 24.3 Å². The lowest BCUT2D eigenvalue weighted by Crippen LogP contribution is -1.82. The molecule has 2 rings (SSSR count). The predicted molar refractivity (Wildman–Crippen MR) is 55.8 cm³/mol. The van der Waals surface area contributed by atoms with E-state index in [4.69, 9.17) is 0 Å². The van der Waals surface area contributed by atoms with Crippen LogP contribution in [0.2, 0.25) is 0 Å². The Morgan fingerprint density at radius 1 is 1.40 bits per heavy atom. The number of imidazole rings is 1. The van der Waals surface area contributed by atoms with Gasteiger partial charge >= 0.3 is 0 Å². The molecule has 0 amide bonds. The van der Waals surface area contributed by atoms with Crippen LogP contribution in [-0.2, 0) is 0 Å². The number of benzene rings is 1. The summed E-state index contributed by atoms with van der Waals surface area (Å²) in [6.45, 7) is 1.81. The van der Waals surface area contributed by atoms with Crippen LogP contribution in [-0.4, -0.2) is 21.4 Å². The van der Waals surface area contributed by atoms with Crippen molar-refractivity contribution in [1.82, 2.24) is 9.97 Å². The summed E-state index contributed by atoms with van der Waals surface area (Å²) in [4.78, 5) is 17.4. The van der Waals surface area contributed by atoms with Crippen molar-refractivity contribution in [2.24, 2.45) is 0 Å². The average Bonchev–Trinajstić information content (AvgIpc) is 2.60. The summed E-state index contributed by atoms with van der Waals surface area (Å²) in [5.41, 5.74) is 1.99. The van der Waals surface area contributed by atoms with Gasteiger partial charge in [0, 0.05) is 11.3 Å². The minimum Gasteiger partial charge on any atom is -0.507 e. The molecule has 0 spiro atoms. The molecule has 0 bridgehead atoms. The summed E-state index contributed by atoms with van der Waals surface area (Å²) in [5.74, 6) is 0.426. The maximum Gasteiger partial charge on any atom is 0.185 e. The fraction of sp³-hybridized carbons (Fsp3) is 0.0909. The van der Waals surface area contributed by atoms with Gasteiger partial charge < -0.3 is 10.1 Å². The number of aromatic nitrogens is 2. The zero-order valence-corrected chi connectivity index (χ0v) is 8.19. The lowest BCUT2D eigenvalue weighted by Gasteiger charge is -2.00. The molecule has 0 atom stereocenters. The first-order valence-corrected chi connectivity index (χ1v) is 4.52. The van der Waals surface area contributed by atoms with Gasteiger partial charge in [-0.05, 0) is 19.1 Å². The Morgan fingerprint density at radius 3 is 2.73 bits per heavy atom. The quantitative estimate of drug-likeness (QED) is 0.731. The third kappa shape index (κ3) is 1.61. The van der Waals surface area contributed by atoms with Gasteiger partial charge in [-0.3, -0.25) is 4.79 Å². The Morgan fingerprint density at radius 2 is 2.13 bits per heavy atom. The first kappa shape index (κ1) is 9.45. The summed E-state index contributed by atoms with van der Waals surface area (Å²) in [7, 11) is 0. The number of phenolic OH excluding ortho intramolecular Hbond substituents is 1. The molecular weight excluding hydrogens is 192 g/mol. The van der Waals surface area contributed by atoms with E-state index < -0.39 is 0 Å². The Labute approximate surface area is 86.6 Å². The number of carbonyl (C=O) groups is 1. The van der Waals surface area contributed by atoms with E-state index in [1.165, 1.54) is 0 Å². The summed E-state index contributed by atoms with van der Waals surface area (Å²) in [6, 6.07) is 6.89. The highest BCUT2D eigenvalue weighted by Crippen LogP contribution is 2.29. The van der Waals surface area contributed by atoms with E-state index in [0.29, 0.717) is 17.5 Å². The van der Waals surface area contributed by atoms with Crippen LogP contribution < -0.4 is 0 Å². The van der Waals surface area contributed by atoms with Crippen LogP contribution in [0.4, 0.5) is 0 Å². The number of nitrogens with zero attached hydrogens (tertiary/aromatic N) is 1. The topological polar surface area (TPSA) is 66.0 Å². The highest BCUT2D eigenvalue weighted by Gasteiger charge is 2.11. The van der Waals surface area contributed by atoms with Crippen LogP contribution in [0.5, 0.6) is 5.75 Å². The number of aromatic hydroxyl groups is 1. The predicted octanol–water partition coefficient (Wildman–Crippen LogP) is 1.90. The Kier molecular flexibility index (Phi) is 2.25. The Bertz CT molecular complexity index is 503. The van der Waals surface area contributed by atoms with E-state index in [-0.39, 0.29) is 11.6 Å². The summed E-state index contributed by atoms with van der Waals surface area (Å²) < 4.78 is 0. The normalized spacial score (nSPS) is 10.2. The van der Waals surface area contributed by atoms with Gasteiger partial charge in [0.15, 0.2) is 12.1 Å². The number of rotatable bonds is 2. The second kappa shape index (κ2) is 3.57. The Balaban J connectivity index is 2.58. The van der Waals surface area contributed by atoms with Crippen molar-refractivity contribution in [2.45, 2.75) is 6.92 Å². The van der Waals surface area contributed by atoms with Crippen LogP contribution in [0, 0.1) is 6.92 Å². The molecule has 0 radical (unpaired) electrons. The van der Waals surface area contributed by atoms with E-state index in [1.54, 1.807) is 18.2 Å². The van der Waals surface area contributed by atoms with Crippen molar-refractivity contribution in [3.8, 4) is 17.0 Å². The van der Waals surface area contributed by atoms with Gasteiger partial charge in [0.25, 0.3) is 0 Å². The molecule has 0 saturated heterocycles. The van der Waals surface area contributed by atoms with E-state index >= 15 is 0 Å². The summed E-state index contributed by atoms with van der Waals surface area (Å²) in [6.07, 6.45) is 0.649. The van der Waals surface area contributed by atoms with Gasteiger partial charge in [-0.2, -0.15) is 0 Å². The van der Waals surface area contributed by atoms with Crippen molar-refractivity contribution in [3.05, 3.63) is 35.8 Å². The number of nitrogens with one attached hydrogen (secondary N) is 1. The number of aldehydes is 1. The van der Waals surface area contributed by atoms with Crippen LogP contribution in [0.3, 0.4) is 0 Å². The third-order valence-electron chi connectivity index (χ3n) is 2.17. The first-order chi connectivity index (χ1) is 7.22. The molecule has 2 N–H and O–H groups in total. The third-order valence-corrected chi connectivity index (χ3v) is 2.17. The monoisotopic (exact) mass is 202 g/mol. The standard InChI is InChI=1S/C11H10N2O2/c1-7-11(13-10(6-14)12-7)8-4-2-3-5-9(8)15/h2-6,15H,1H3,(H,12,13). The molecule has 1 heterocycles. The molecule has 0 saturated carbocycles. The molecule has 0 aliphatic carbocycles. The lowest BCUT2D eigenvalue weighted by atomic mass is 10.1. The number of aryl methyl sites for hydroxylation is 1. The van der Waals surface area contributed by atoms with Crippen LogP contribution in [0.1, 0.15) is 16.3 Å². The second-order valence-electron chi connectivity index (χ2n) is 3.23. The highest BCUT2D eigenvalue weighted by molar-refractivity contribution is 5.75. The second-order valence-corrected chi connectivity index (χ2v) is 3.23. The molecule has 76 valence electrons. The molecule has 2 aromatic rings. The largest absolute Gasteiger partial charge is 0.507 e. The summed E-state index contributed by atoms with van der Waals surface area (Å²) >= 11 is 0. The maximum absolute atomic E-state index is 10.5. The highest BCUT2D eigenvalue weighted by atomic mass is 16.3. The number of phenols is 1. The van der Waals surface area contributed by atoms with Gasteiger partial charge in [0.05, 0.1) is 5.69 Å². The maximum atomic E-state index is 10.5. The smallest absolute Gasteiger partial charge is 0.185 e. The van der Waals surface area contributed by atoms with E-state index in [9.17, 15) is 9.90 Å². The van der Waals surface area contributed by atoms with E-state index in [0.717, 1.165) is 5.69 Å². The summed E-state index contributed by atoms with van der Waals surface area (Å²) in [5, 5.41) is 9.63. The van der Waals surface area contributed by atoms with Crippen molar-refractivity contribution in [2.75, 3.05) is 0 Å². The molecule has 4 heteroatoms. The zero-order valence-electron chi connectivity index (χ0n) is 8.19. The van der Waals surface area contributed by atoms with Gasteiger partial charge in [0.1, 0.15) is 5.75 Å².